The van der Waals surface area contributed by atoms with E-state index in [0.717, 1.165) is 25.7 Å². The Balaban J connectivity index is 1.96. The summed E-state index contributed by atoms with van der Waals surface area (Å²) in [5.41, 5.74) is -0.0143. The van der Waals surface area contributed by atoms with Crippen molar-refractivity contribution >= 4 is 24.0 Å². The molecule has 7 nitrogen and oxygen atoms in total. The Labute approximate surface area is 161 Å². The molecule has 1 aliphatic carbocycles. The Morgan fingerprint density at radius 1 is 1.15 bits per heavy atom. The third-order valence-electron chi connectivity index (χ3n) is 6.02. The van der Waals surface area contributed by atoms with Gasteiger partial charge in [-0.05, 0) is 40.5 Å². The molecule has 3 rings (SSSR count). The van der Waals surface area contributed by atoms with Crippen LogP contribution in [0.15, 0.2) is 12.1 Å². The number of benzene rings is 1. The largest absolute Gasteiger partial charge is 0.498 e. The zero-order chi connectivity index (χ0) is 19.8. The molecule has 0 bridgehead atoms. The first-order chi connectivity index (χ1) is 12.6. The molecular weight excluding hydrogens is 347 g/mol. The smallest absolute Gasteiger partial charge is 0.497 e. The lowest BCUT2D eigenvalue weighted by Gasteiger charge is -2.32. The predicted molar refractivity (Wildman–Crippen MR) is 106 cm³/mol. The SMILES string of the molecule is COc1cc(NC2CCCCC2)c([N+](=O)[O-])cc1B1OC(C)(C)C(C)(C)O1. The Kier molecular flexibility index (Phi) is 5.41. The van der Waals surface area contributed by atoms with Crippen LogP contribution in [0.5, 0.6) is 5.75 Å². The normalized spacial score (nSPS) is 21.9. The van der Waals surface area contributed by atoms with Gasteiger partial charge in [-0.25, -0.2) is 0 Å². The number of nitrogens with zero attached hydrogens (tertiary/aromatic N) is 1. The van der Waals surface area contributed by atoms with Crippen molar-refractivity contribution in [1.29, 1.82) is 0 Å². The van der Waals surface area contributed by atoms with E-state index in [4.69, 9.17) is 14.0 Å². The van der Waals surface area contributed by atoms with Gasteiger partial charge in [-0.3, -0.25) is 10.1 Å². The quantitative estimate of drug-likeness (QED) is 0.480. The van der Waals surface area contributed by atoms with Gasteiger partial charge in [-0.15, -0.1) is 0 Å². The van der Waals surface area contributed by atoms with Crippen molar-refractivity contribution in [3.63, 3.8) is 0 Å². The number of nitro groups is 1. The van der Waals surface area contributed by atoms with Gasteiger partial charge in [0.15, 0.2) is 0 Å². The minimum absolute atomic E-state index is 0.0195. The number of nitro benzene ring substituents is 1. The Morgan fingerprint density at radius 2 is 1.74 bits per heavy atom. The first-order valence-electron chi connectivity index (χ1n) is 9.63. The lowest BCUT2D eigenvalue weighted by molar-refractivity contribution is -0.383. The van der Waals surface area contributed by atoms with Crippen molar-refractivity contribution in [1.82, 2.24) is 0 Å². The van der Waals surface area contributed by atoms with E-state index in [-0.39, 0.29) is 16.7 Å². The second-order valence-electron chi connectivity index (χ2n) is 8.44. The summed E-state index contributed by atoms with van der Waals surface area (Å²) in [5, 5.41) is 15.1. The van der Waals surface area contributed by atoms with Gasteiger partial charge < -0.3 is 19.4 Å². The van der Waals surface area contributed by atoms with Crippen LogP contribution in [0, 0.1) is 10.1 Å². The number of hydrogen-bond acceptors (Lipinski definition) is 6. The van der Waals surface area contributed by atoms with Crippen LogP contribution in [0.2, 0.25) is 0 Å². The zero-order valence-corrected chi connectivity index (χ0v) is 16.8. The highest BCUT2D eigenvalue weighted by Gasteiger charge is 2.53. The molecule has 1 aliphatic heterocycles. The second kappa shape index (κ2) is 7.32. The van der Waals surface area contributed by atoms with Crippen LogP contribution in [0.1, 0.15) is 59.8 Å². The van der Waals surface area contributed by atoms with Gasteiger partial charge in [-0.2, -0.15) is 0 Å². The van der Waals surface area contributed by atoms with Crippen molar-refractivity contribution in [3.05, 3.63) is 22.2 Å². The summed E-state index contributed by atoms with van der Waals surface area (Å²) < 4.78 is 17.7. The van der Waals surface area contributed by atoms with Gasteiger partial charge in [0, 0.05) is 23.6 Å². The zero-order valence-electron chi connectivity index (χ0n) is 16.8. The molecule has 1 aromatic carbocycles. The van der Waals surface area contributed by atoms with E-state index in [9.17, 15) is 10.1 Å². The van der Waals surface area contributed by atoms with Crippen molar-refractivity contribution < 1.29 is 19.0 Å². The third-order valence-corrected chi connectivity index (χ3v) is 6.02. The maximum Gasteiger partial charge on any atom is 0.498 e. The van der Waals surface area contributed by atoms with E-state index in [1.807, 2.05) is 27.7 Å². The van der Waals surface area contributed by atoms with Gasteiger partial charge >= 0.3 is 7.12 Å². The molecule has 0 amide bonds. The molecule has 27 heavy (non-hydrogen) atoms. The lowest BCUT2D eigenvalue weighted by Crippen LogP contribution is -2.41. The van der Waals surface area contributed by atoms with Gasteiger partial charge in [0.25, 0.3) is 5.69 Å². The fourth-order valence-corrected chi connectivity index (χ4v) is 3.65. The molecule has 0 aromatic heterocycles. The number of ether oxygens (including phenoxy) is 1. The molecule has 1 aromatic rings. The Morgan fingerprint density at radius 3 is 2.26 bits per heavy atom. The molecule has 2 aliphatic rings. The number of methoxy groups -OCH3 is 1. The van der Waals surface area contributed by atoms with E-state index in [0.29, 0.717) is 16.9 Å². The highest BCUT2D eigenvalue weighted by molar-refractivity contribution is 6.63. The fourth-order valence-electron chi connectivity index (χ4n) is 3.65. The van der Waals surface area contributed by atoms with Gasteiger partial charge in [0.2, 0.25) is 0 Å². The number of hydrogen-bond donors (Lipinski definition) is 1. The highest BCUT2D eigenvalue weighted by Crippen LogP contribution is 2.38. The van der Waals surface area contributed by atoms with Crippen molar-refractivity contribution in [3.8, 4) is 5.75 Å². The number of nitrogens with one attached hydrogen (secondary N) is 1. The lowest BCUT2D eigenvalue weighted by atomic mass is 9.77. The second-order valence-corrected chi connectivity index (χ2v) is 8.44. The average Bonchev–Trinajstić information content (AvgIpc) is 2.82. The molecule has 0 spiro atoms. The van der Waals surface area contributed by atoms with Crippen LogP contribution in [0.3, 0.4) is 0 Å². The van der Waals surface area contributed by atoms with Crippen LogP contribution < -0.4 is 15.5 Å². The minimum atomic E-state index is -0.715. The summed E-state index contributed by atoms with van der Waals surface area (Å²) in [7, 11) is 0.840. The molecule has 1 N–H and O–H groups in total. The summed E-state index contributed by atoms with van der Waals surface area (Å²) in [6, 6.07) is 3.48. The highest BCUT2D eigenvalue weighted by atomic mass is 16.7. The van der Waals surface area contributed by atoms with Gasteiger partial charge in [0.05, 0.1) is 23.2 Å². The first kappa shape index (κ1) is 20.0. The van der Waals surface area contributed by atoms with E-state index in [2.05, 4.69) is 5.32 Å². The number of rotatable bonds is 5. The van der Waals surface area contributed by atoms with E-state index < -0.39 is 18.3 Å². The topological polar surface area (TPSA) is 82.9 Å². The predicted octanol–water partition coefficient (Wildman–Crippen LogP) is 3.65. The average molecular weight is 376 g/mol. The Bertz CT molecular complexity index is 700. The molecule has 148 valence electrons. The molecule has 8 heteroatoms. The monoisotopic (exact) mass is 376 g/mol. The van der Waals surface area contributed by atoms with E-state index in [1.54, 1.807) is 13.2 Å². The molecule has 0 atom stereocenters. The van der Waals surface area contributed by atoms with Gasteiger partial charge in [0.1, 0.15) is 11.4 Å². The summed E-state index contributed by atoms with van der Waals surface area (Å²) >= 11 is 0. The van der Waals surface area contributed by atoms with Crippen LogP contribution >= 0.6 is 0 Å². The molecule has 0 unspecified atom stereocenters. The van der Waals surface area contributed by atoms with E-state index in [1.165, 1.54) is 12.5 Å². The molecular formula is C19H29BN2O5. The summed E-state index contributed by atoms with van der Waals surface area (Å²) in [5.74, 6) is 0.525. The van der Waals surface area contributed by atoms with Gasteiger partial charge in [-0.1, -0.05) is 19.3 Å². The van der Waals surface area contributed by atoms with Crippen LogP contribution in [0.25, 0.3) is 0 Å². The summed E-state index contributed by atoms with van der Waals surface area (Å²) in [6.45, 7) is 7.81. The molecule has 1 saturated carbocycles. The first-order valence-corrected chi connectivity index (χ1v) is 9.63. The maximum absolute atomic E-state index is 11.7. The molecule has 0 radical (unpaired) electrons. The van der Waals surface area contributed by atoms with Crippen LogP contribution in [-0.4, -0.2) is 36.4 Å². The molecule has 1 saturated heterocycles. The number of anilines is 1. The minimum Gasteiger partial charge on any atom is -0.497 e. The molecule has 2 fully saturated rings. The summed E-state index contributed by atoms with van der Waals surface area (Å²) in [6.07, 6.45) is 5.57. The van der Waals surface area contributed by atoms with E-state index >= 15 is 0 Å². The third kappa shape index (κ3) is 3.92. The van der Waals surface area contributed by atoms with Crippen molar-refractivity contribution in [2.45, 2.75) is 77.0 Å². The maximum atomic E-state index is 11.7. The van der Waals surface area contributed by atoms with Crippen LogP contribution in [-0.2, 0) is 9.31 Å². The van der Waals surface area contributed by atoms with Crippen molar-refractivity contribution in [2.75, 3.05) is 12.4 Å². The molecule has 1 heterocycles. The summed E-state index contributed by atoms with van der Waals surface area (Å²) in [4.78, 5) is 11.4. The fraction of sp³-hybridized carbons (Fsp3) is 0.684. The van der Waals surface area contributed by atoms with Crippen LogP contribution in [0.4, 0.5) is 11.4 Å². The standard InChI is InChI=1S/C19H29BN2O5/c1-18(2)19(3,4)27-20(26-18)14-11-16(22(23)24)15(12-17(14)25-5)21-13-9-7-6-8-10-13/h11-13,21H,6-10H2,1-5H3. The Hall–Kier alpha value is -1.80. The van der Waals surface area contributed by atoms with Crippen molar-refractivity contribution in [2.24, 2.45) is 0 Å².